The second-order valence-electron chi connectivity index (χ2n) is 7.00. The summed E-state index contributed by atoms with van der Waals surface area (Å²) in [5, 5.41) is 2.00. The van der Waals surface area contributed by atoms with Crippen molar-refractivity contribution in [2.45, 2.75) is 13.0 Å². The molecule has 0 bridgehead atoms. The average Bonchev–Trinajstić information content (AvgIpc) is 3.10. The van der Waals surface area contributed by atoms with Crippen LogP contribution in [0.3, 0.4) is 0 Å². The maximum Gasteiger partial charge on any atom is 0.328 e. The van der Waals surface area contributed by atoms with Gasteiger partial charge in [-0.3, -0.25) is 19.3 Å². The Morgan fingerprint density at radius 2 is 1.82 bits per heavy atom. The molecule has 34 heavy (non-hydrogen) atoms. The molecule has 0 aliphatic carbocycles. The number of ether oxygens (including phenoxy) is 3. The lowest BCUT2D eigenvalue weighted by molar-refractivity contribution is -0.148. The maximum atomic E-state index is 13.0. The lowest BCUT2D eigenvalue weighted by Gasteiger charge is -2.18. The first-order valence-electron chi connectivity index (χ1n) is 9.94. The largest absolute Gasteiger partial charge is 0.493 e. The fourth-order valence-corrected chi connectivity index (χ4v) is 3.92. The Hall–Kier alpha value is -3.86. The Morgan fingerprint density at radius 1 is 1.12 bits per heavy atom. The molecule has 2 aromatic rings. The number of carbonyl (C=O) groups is 4. The Morgan fingerprint density at radius 3 is 2.47 bits per heavy atom. The highest BCUT2D eigenvalue weighted by atomic mass is 32.2. The van der Waals surface area contributed by atoms with Crippen LogP contribution in [0, 0.1) is 5.82 Å². The number of nitrogens with zero attached hydrogens (tertiary/aromatic N) is 1. The van der Waals surface area contributed by atoms with Crippen LogP contribution in [0.15, 0.2) is 47.4 Å². The molecule has 0 radical (unpaired) electrons. The van der Waals surface area contributed by atoms with Crippen molar-refractivity contribution >= 4 is 46.5 Å². The number of benzene rings is 2. The van der Waals surface area contributed by atoms with Crippen LogP contribution >= 0.6 is 11.8 Å². The smallest absolute Gasteiger partial charge is 0.328 e. The summed E-state index contributed by atoms with van der Waals surface area (Å²) in [4.78, 5) is 49.7. The zero-order chi connectivity index (χ0) is 24.8. The first-order valence-corrected chi connectivity index (χ1v) is 10.8. The molecule has 2 aromatic carbocycles. The second-order valence-corrected chi connectivity index (χ2v) is 8.00. The van der Waals surface area contributed by atoms with E-state index in [-0.39, 0.29) is 17.3 Å². The van der Waals surface area contributed by atoms with Crippen LogP contribution in [0.5, 0.6) is 11.5 Å². The number of rotatable bonds is 8. The van der Waals surface area contributed by atoms with Crippen LogP contribution < -0.4 is 14.8 Å². The van der Waals surface area contributed by atoms with Crippen molar-refractivity contribution in [3.63, 3.8) is 0 Å². The maximum absolute atomic E-state index is 13.0. The normalized spacial score (nSPS) is 15.3. The third kappa shape index (κ3) is 5.73. The summed E-state index contributed by atoms with van der Waals surface area (Å²) in [6.07, 6.45) is 1.49. The van der Waals surface area contributed by atoms with Crippen LogP contribution in [0.25, 0.3) is 6.08 Å². The second kappa shape index (κ2) is 10.8. The van der Waals surface area contributed by atoms with E-state index in [0.29, 0.717) is 28.8 Å². The Bertz CT molecular complexity index is 1150. The van der Waals surface area contributed by atoms with Gasteiger partial charge in [-0.25, -0.2) is 9.18 Å². The minimum absolute atomic E-state index is 0.134. The van der Waals surface area contributed by atoms with Crippen molar-refractivity contribution < 1.29 is 37.8 Å². The van der Waals surface area contributed by atoms with Crippen LogP contribution in [0.1, 0.15) is 12.5 Å². The van der Waals surface area contributed by atoms with Gasteiger partial charge in [0.2, 0.25) is 0 Å². The van der Waals surface area contributed by atoms with Gasteiger partial charge in [-0.15, -0.1) is 0 Å². The molecule has 0 aromatic heterocycles. The fraction of sp³-hybridized carbons (Fsp3) is 0.217. The molecule has 0 spiro atoms. The van der Waals surface area contributed by atoms with Gasteiger partial charge < -0.3 is 19.5 Å². The number of carbonyl (C=O) groups excluding carboxylic acids is 4. The number of nitrogens with one attached hydrogen (secondary N) is 1. The monoisotopic (exact) mass is 488 g/mol. The number of amides is 3. The molecular weight excluding hydrogens is 467 g/mol. The summed E-state index contributed by atoms with van der Waals surface area (Å²) in [5.74, 6) is -1.60. The molecule has 11 heteroatoms. The van der Waals surface area contributed by atoms with Crippen molar-refractivity contribution in [1.82, 2.24) is 4.90 Å². The number of thioether (sulfide) groups is 1. The van der Waals surface area contributed by atoms with Crippen molar-refractivity contribution in [3.8, 4) is 11.5 Å². The van der Waals surface area contributed by atoms with E-state index in [1.807, 2.05) is 0 Å². The fourth-order valence-electron chi connectivity index (χ4n) is 3.01. The van der Waals surface area contributed by atoms with Crippen LogP contribution in [-0.4, -0.2) is 54.8 Å². The average molecular weight is 488 g/mol. The summed E-state index contributed by atoms with van der Waals surface area (Å²) in [6.45, 7) is 1.09. The van der Waals surface area contributed by atoms with Gasteiger partial charge in [0, 0.05) is 5.69 Å². The topological polar surface area (TPSA) is 111 Å². The SMILES string of the molecule is COC(=O)[C@H](C)N1C(=O)S/C(=C/c2ccc(OCC(=O)Nc3ccc(F)cc3)c(OC)c2)C1=O. The first kappa shape index (κ1) is 24.8. The molecule has 1 atom stereocenters. The van der Waals surface area contributed by atoms with Crippen molar-refractivity contribution in [3.05, 3.63) is 58.8 Å². The number of hydrogen-bond acceptors (Lipinski definition) is 8. The third-order valence-electron chi connectivity index (χ3n) is 4.73. The van der Waals surface area contributed by atoms with Gasteiger partial charge in [-0.1, -0.05) is 6.07 Å². The molecule has 3 amide bonds. The molecule has 1 saturated heterocycles. The van der Waals surface area contributed by atoms with Crippen LogP contribution in [0.4, 0.5) is 14.9 Å². The van der Waals surface area contributed by atoms with E-state index in [2.05, 4.69) is 10.1 Å². The van der Waals surface area contributed by atoms with E-state index in [4.69, 9.17) is 9.47 Å². The number of esters is 1. The molecular formula is C23H21FN2O7S. The van der Waals surface area contributed by atoms with E-state index in [1.165, 1.54) is 51.5 Å². The van der Waals surface area contributed by atoms with Gasteiger partial charge in [-0.2, -0.15) is 0 Å². The predicted octanol–water partition coefficient (Wildman–Crippen LogP) is 3.45. The summed E-state index contributed by atoms with van der Waals surface area (Å²) < 4.78 is 28.4. The van der Waals surface area contributed by atoms with Crippen molar-refractivity contribution in [2.24, 2.45) is 0 Å². The van der Waals surface area contributed by atoms with Crippen LogP contribution in [-0.2, 0) is 19.1 Å². The quantitative estimate of drug-likeness (QED) is 0.444. The van der Waals surface area contributed by atoms with Gasteiger partial charge in [0.15, 0.2) is 18.1 Å². The molecule has 9 nitrogen and oxygen atoms in total. The zero-order valence-corrected chi connectivity index (χ0v) is 19.3. The molecule has 178 valence electrons. The molecule has 1 aliphatic heterocycles. The highest BCUT2D eigenvalue weighted by Crippen LogP contribution is 2.35. The molecule has 1 N–H and O–H groups in total. The standard InChI is InChI=1S/C23H21FN2O7S/c1-13(22(29)32-3)26-21(28)19(34-23(26)30)11-14-4-9-17(18(10-14)31-2)33-12-20(27)25-16-7-5-15(24)6-8-16/h4-11,13H,12H2,1-3H3,(H,25,27)/b19-11+/t13-/m0/s1. The van der Waals surface area contributed by atoms with E-state index in [9.17, 15) is 23.6 Å². The van der Waals surface area contributed by atoms with E-state index in [1.54, 1.807) is 18.2 Å². The summed E-state index contributed by atoms with van der Waals surface area (Å²) >= 11 is 0.709. The summed E-state index contributed by atoms with van der Waals surface area (Å²) in [7, 11) is 2.59. The van der Waals surface area contributed by atoms with Gasteiger partial charge in [0.25, 0.3) is 17.1 Å². The predicted molar refractivity (Wildman–Crippen MR) is 123 cm³/mol. The number of halogens is 1. The Balaban J connectivity index is 1.68. The van der Waals surface area contributed by atoms with Gasteiger partial charge >= 0.3 is 5.97 Å². The number of methoxy groups -OCH3 is 2. The lowest BCUT2D eigenvalue weighted by atomic mass is 10.1. The van der Waals surface area contributed by atoms with Crippen LogP contribution in [0.2, 0.25) is 0 Å². The number of imide groups is 1. The van der Waals surface area contributed by atoms with E-state index in [0.717, 1.165) is 4.90 Å². The molecule has 0 saturated carbocycles. The van der Waals surface area contributed by atoms with E-state index >= 15 is 0 Å². The molecule has 1 aliphatic rings. The van der Waals surface area contributed by atoms with Crippen molar-refractivity contribution in [2.75, 3.05) is 26.1 Å². The number of anilines is 1. The van der Waals surface area contributed by atoms with Gasteiger partial charge in [0.05, 0.1) is 19.1 Å². The summed E-state index contributed by atoms with van der Waals surface area (Å²) in [6, 6.07) is 9.00. The van der Waals surface area contributed by atoms with Gasteiger partial charge in [0.1, 0.15) is 11.9 Å². The Labute approximate surface area is 198 Å². The highest BCUT2D eigenvalue weighted by Gasteiger charge is 2.41. The zero-order valence-electron chi connectivity index (χ0n) is 18.5. The summed E-state index contributed by atoms with van der Waals surface area (Å²) in [5.41, 5.74) is 0.962. The van der Waals surface area contributed by atoms with E-state index < -0.39 is 34.9 Å². The first-order chi connectivity index (χ1) is 16.2. The molecule has 1 fully saturated rings. The molecule has 1 heterocycles. The minimum atomic E-state index is -1.05. The highest BCUT2D eigenvalue weighted by molar-refractivity contribution is 8.18. The van der Waals surface area contributed by atoms with Gasteiger partial charge in [-0.05, 0) is 66.7 Å². The minimum Gasteiger partial charge on any atom is -0.493 e. The molecule has 0 unspecified atom stereocenters. The third-order valence-corrected chi connectivity index (χ3v) is 5.61. The van der Waals surface area contributed by atoms with Crippen molar-refractivity contribution in [1.29, 1.82) is 0 Å². The lowest BCUT2D eigenvalue weighted by Crippen LogP contribution is -2.42. The Kier molecular flexibility index (Phi) is 7.90. The number of hydrogen-bond donors (Lipinski definition) is 1. The molecule has 3 rings (SSSR count).